The van der Waals surface area contributed by atoms with E-state index in [1.165, 1.54) is 6.07 Å². The van der Waals surface area contributed by atoms with E-state index in [9.17, 15) is 19.1 Å². The zero-order chi connectivity index (χ0) is 24.3. The molecule has 0 saturated heterocycles. The van der Waals surface area contributed by atoms with Crippen LogP contribution in [0.1, 0.15) is 68.8 Å². The summed E-state index contributed by atoms with van der Waals surface area (Å²) < 4.78 is 37.6. The average molecular weight is 488 g/mol. The number of hydrogen-bond acceptors (Lipinski definition) is 5. The quantitative estimate of drug-likeness (QED) is 0.313. The van der Waals surface area contributed by atoms with Crippen LogP contribution in [0.3, 0.4) is 0 Å². The summed E-state index contributed by atoms with van der Waals surface area (Å²) in [6, 6.07) is 12.4. The number of nitrogens with zero attached hydrogens (tertiary/aromatic N) is 2. The molecule has 0 bridgehead atoms. The predicted molar refractivity (Wildman–Crippen MR) is 127 cm³/mol. The molecule has 1 unspecified atom stereocenters. The van der Waals surface area contributed by atoms with Crippen LogP contribution in [0.25, 0.3) is 0 Å². The molecule has 1 aromatic carbocycles. The van der Waals surface area contributed by atoms with Crippen molar-refractivity contribution in [2.24, 2.45) is 0 Å². The second kappa shape index (κ2) is 11.0. The molecule has 0 radical (unpaired) electrons. The zero-order valence-electron chi connectivity index (χ0n) is 19.2. The van der Waals surface area contributed by atoms with Crippen LogP contribution in [-0.2, 0) is 12.0 Å². The van der Waals surface area contributed by atoms with Crippen molar-refractivity contribution in [2.75, 3.05) is 0 Å². The molecule has 2 heterocycles. The maximum Gasteiger partial charge on any atom is 0.387 e. The summed E-state index contributed by atoms with van der Waals surface area (Å²) in [5.74, 6) is 0.137. The van der Waals surface area contributed by atoms with E-state index < -0.39 is 12.2 Å². The molecule has 35 heavy (non-hydrogen) atoms. The second-order valence-corrected chi connectivity index (χ2v) is 9.13. The molecule has 0 amide bonds. The number of benzene rings is 1. The summed E-state index contributed by atoms with van der Waals surface area (Å²) in [5, 5.41) is 19.8. The molecule has 2 aromatic heterocycles. The van der Waals surface area contributed by atoms with Gasteiger partial charge in [0.2, 0.25) is 12.4 Å². The Kier molecular flexibility index (Phi) is 8.27. The summed E-state index contributed by atoms with van der Waals surface area (Å²) in [6.45, 7) is 0.400. The molecule has 1 saturated carbocycles. The number of halogens is 2. The minimum atomic E-state index is -2.95. The summed E-state index contributed by atoms with van der Waals surface area (Å²) in [4.78, 5) is 4.45. The fraction of sp³-hybridized carbons (Fsp3) is 0.407. The molecule has 188 valence electrons. The highest BCUT2D eigenvalue weighted by molar-refractivity contribution is 5.47. The number of aromatic nitrogens is 2. The highest BCUT2D eigenvalue weighted by Crippen LogP contribution is 2.38. The SMILES string of the molecule is C.CC(C)(O)c1ccc(C(Cc2cc[n+](O)cc2)c2ccc(OC(F)F)c(OC3CCC3)c2)cn1. The van der Waals surface area contributed by atoms with E-state index in [4.69, 9.17) is 9.47 Å². The summed E-state index contributed by atoms with van der Waals surface area (Å²) in [7, 11) is 0. The van der Waals surface area contributed by atoms with Gasteiger partial charge in [-0.2, -0.15) is 8.78 Å². The standard InChI is InChI=1S/C26H29F2N2O4.CH4/c1-26(2,31)24-9-7-19(16-29-24)21(14-17-10-12-30(32)13-11-17)18-6-8-22(34-25(27)28)23(15-18)33-20-4-3-5-20;/h6-13,15-16,20-21,25,31-32H,3-5,14H2,1-2H3;1H4/q+1;. The smallest absolute Gasteiger partial charge is 0.387 e. The third-order valence-electron chi connectivity index (χ3n) is 6.07. The first-order valence-corrected chi connectivity index (χ1v) is 11.3. The molecule has 8 heteroatoms. The van der Waals surface area contributed by atoms with Crippen LogP contribution in [-0.4, -0.2) is 28.0 Å². The van der Waals surface area contributed by atoms with Gasteiger partial charge in [-0.05, 0) is 74.4 Å². The Morgan fingerprint density at radius 2 is 1.74 bits per heavy atom. The molecule has 1 fully saturated rings. The molecule has 6 nitrogen and oxygen atoms in total. The van der Waals surface area contributed by atoms with Crippen molar-refractivity contribution in [1.29, 1.82) is 0 Å². The van der Waals surface area contributed by atoms with Gasteiger partial charge >= 0.3 is 6.61 Å². The number of aliphatic hydroxyl groups is 1. The van der Waals surface area contributed by atoms with Gasteiger partial charge in [0.25, 0.3) is 0 Å². The Labute approximate surface area is 204 Å². The van der Waals surface area contributed by atoms with E-state index in [2.05, 4.69) is 4.98 Å². The van der Waals surface area contributed by atoms with Crippen LogP contribution in [0.15, 0.2) is 61.1 Å². The average Bonchev–Trinajstić information content (AvgIpc) is 2.76. The molecule has 1 aliphatic rings. The van der Waals surface area contributed by atoms with Gasteiger partial charge in [-0.15, -0.1) is 0 Å². The van der Waals surface area contributed by atoms with Crippen LogP contribution >= 0.6 is 0 Å². The molecule has 0 aliphatic heterocycles. The fourth-order valence-electron chi connectivity index (χ4n) is 3.92. The Morgan fingerprint density at radius 3 is 2.29 bits per heavy atom. The Hall–Kier alpha value is -3.26. The number of hydrogen-bond donors (Lipinski definition) is 2. The van der Waals surface area contributed by atoms with Gasteiger partial charge in [0, 0.05) is 29.0 Å². The van der Waals surface area contributed by atoms with E-state index >= 15 is 0 Å². The third kappa shape index (κ3) is 6.66. The second-order valence-electron chi connectivity index (χ2n) is 9.13. The Bertz CT molecular complexity index is 1100. The Morgan fingerprint density at radius 1 is 1.06 bits per heavy atom. The van der Waals surface area contributed by atoms with Gasteiger partial charge in [0.15, 0.2) is 11.5 Å². The van der Waals surface area contributed by atoms with E-state index in [1.54, 1.807) is 50.6 Å². The molecule has 2 N–H and O–H groups in total. The van der Waals surface area contributed by atoms with Gasteiger partial charge in [-0.1, -0.05) is 19.6 Å². The highest BCUT2D eigenvalue weighted by Gasteiger charge is 2.25. The maximum atomic E-state index is 13.0. The lowest BCUT2D eigenvalue weighted by atomic mass is 9.86. The largest absolute Gasteiger partial charge is 0.487 e. The number of alkyl halides is 2. The lowest BCUT2D eigenvalue weighted by molar-refractivity contribution is -0.904. The van der Waals surface area contributed by atoms with Crippen molar-refractivity contribution >= 4 is 0 Å². The molecule has 1 atom stereocenters. The van der Waals surface area contributed by atoms with Crippen molar-refractivity contribution in [1.82, 2.24) is 4.98 Å². The van der Waals surface area contributed by atoms with Gasteiger partial charge in [0.05, 0.1) is 11.8 Å². The third-order valence-corrected chi connectivity index (χ3v) is 6.07. The summed E-state index contributed by atoms with van der Waals surface area (Å²) in [6.07, 6.45) is 8.21. The van der Waals surface area contributed by atoms with Crippen molar-refractivity contribution in [3.63, 3.8) is 0 Å². The molecular formula is C27H33F2N2O4+. The zero-order valence-corrected chi connectivity index (χ0v) is 19.2. The van der Waals surface area contributed by atoms with E-state index in [0.29, 0.717) is 17.9 Å². The minimum absolute atomic E-state index is 0. The van der Waals surface area contributed by atoms with Crippen LogP contribution < -0.4 is 14.2 Å². The maximum absolute atomic E-state index is 13.0. The van der Waals surface area contributed by atoms with E-state index in [1.807, 2.05) is 18.2 Å². The highest BCUT2D eigenvalue weighted by atomic mass is 19.3. The summed E-state index contributed by atoms with van der Waals surface area (Å²) in [5.41, 5.74) is 2.20. The van der Waals surface area contributed by atoms with Crippen LogP contribution in [0.4, 0.5) is 8.78 Å². The van der Waals surface area contributed by atoms with E-state index in [-0.39, 0.29) is 25.2 Å². The first-order chi connectivity index (χ1) is 16.2. The predicted octanol–water partition coefficient (Wildman–Crippen LogP) is 5.38. The molecule has 4 rings (SSSR count). The number of rotatable bonds is 9. The number of ether oxygens (including phenoxy) is 2. The van der Waals surface area contributed by atoms with Crippen molar-refractivity contribution in [3.05, 3.63) is 83.4 Å². The van der Waals surface area contributed by atoms with Crippen molar-refractivity contribution in [3.8, 4) is 11.5 Å². The molecule has 3 aromatic rings. The Balaban J connectivity index is 0.00000342. The van der Waals surface area contributed by atoms with Gasteiger partial charge in [-0.25, -0.2) is 0 Å². The van der Waals surface area contributed by atoms with Crippen molar-refractivity contribution in [2.45, 2.75) is 71.2 Å². The molecule has 0 spiro atoms. The topological polar surface area (TPSA) is 75.7 Å². The lowest BCUT2D eigenvalue weighted by Crippen LogP contribution is -2.28. The van der Waals surface area contributed by atoms with Gasteiger partial charge in [-0.3, -0.25) is 10.2 Å². The molecule has 1 aliphatic carbocycles. The first kappa shape index (κ1) is 26.3. The minimum Gasteiger partial charge on any atom is -0.487 e. The van der Waals surface area contributed by atoms with Gasteiger partial charge in [0.1, 0.15) is 5.60 Å². The van der Waals surface area contributed by atoms with Gasteiger partial charge < -0.3 is 14.6 Å². The van der Waals surface area contributed by atoms with E-state index in [0.717, 1.165) is 40.7 Å². The molecular weight excluding hydrogens is 454 g/mol. The van der Waals surface area contributed by atoms with Crippen LogP contribution in [0.5, 0.6) is 11.5 Å². The van der Waals surface area contributed by atoms with Crippen LogP contribution in [0, 0.1) is 0 Å². The summed E-state index contributed by atoms with van der Waals surface area (Å²) >= 11 is 0. The fourth-order valence-corrected chi connectivity index (χ4v) is 3.92. The van der Waals surface area contributed by atoms with Crippen LogP contribution in [0.2, 0.25) is 0 Å². The lowest BCUT2D eigenvalue weighted by Gasteiger charge is -2.28. The number of pyridine rings is 2. The normalized spacial score (nSPS) is 14.7. The monoisotopic (exact) mass is 487 g/mol. The first-order valence-electron chi connectivity index (χ1n) is 11.3. The van der Waals surface area contributed by atoms with Crippen molar-refractivity contribution < 1.29 is 33.3 Å².